The highest BCUT2D eigenvalue weighted by molar-refractivity contribution is 6.36. The van der Waals surface area contributed by atoms with E-state index in [1.54, 1.807) is 12.1 Å². The van der Waals surface area contributed by atoms with Crippen molar-refractivity contribution in [1.82, 2.24) is 5.16 Å². The van der Waals surface area contributed by atoms with Gasteiger partial charge in [-0.1, -0.05) is 34.4 Å². The number of halogens is 4. The topological polar surface area (TPSA) is 46.3 Å². The Morgan fingerprint density at radius 3 is 2.39 bits per heavy atom. The number of aliphatic hydroxyl groups excluding tert-OH is 1. The fourth-order valence-corrected chi connectivity index (χ4v) is 2.76. The third kappa shape index (κ3) is 2.83. The smallest absolute Gasteiger partial charge is 0.178 e. The molecule has 0 aliphatic rings. The fourth-order valence-electron chi connectivity index (χ4n) is 2.26. The predicted octanol–water partition coefficient (Wildman–Crippen LogP) is 5.09. The first-order valence-electron chi connectivity index (χ1n) is 6.52. The van der Waals surface area contributed by atoms with Crippen molar-refractivity contribution < 1.29 is 18.4 Å². The maximum absolute atomic E-state index is 13.9. The van der Waals surface area contributed by atoms with E-state index in [-0.39, 0.29) is 27.6 Å². The van der Waals surface area contributed by atoms with Crippen molar-refractivity contribution in [3.63, 3.8) is 0 Å². The van der Waals surface area contributed by atoms with Crippen LogP contribution in [0.5, 0.6) is 0 Å². The molecule has 0 aliphatic heterocycles. The summed E-state index contributed by atoms with van der Waals surface area (Å²) in [7, 11) is 0. The van der Waals surface area contributed by atoms with Gasteiger partial charge in [-0.05, 0) is 30.3 Å². The number of aromatic nitrogens is 1. The Balaban J connectivity index is 2.22. The van der Waals surface area contributed by atoms with E-state index in [0.29, 0.717) is 10.6 Å². The van der Waals surface area contributed by atoms with Gasteiger partial charge in [-0.15, -0.1) is 0 Å². The number of rotatable bonds is 3. The minimum absolute atomic E-state index is 0.137. The zero-order valence-corrected chi connectivity index (χ0v) is 13.0. The minimum Gasteiger partial charge on any atom is -0.391 e. The molecule has 0 atom stereocenters. The average Bonchev–Trinajstić information content (AvgIpc) is 2.90. The molecule has 1 heterocycles. The van der Waals surface area contributed by atoms with Crippen LogP contribution in [0.4, 0.5) is 8.78 Å². The van der Waals surface area contributed by atoms with Gasteiger partial charge >= 0.3 is 0 Å². The molecule has 3 aromatic rings. The van der Waals surface area contributed by atoms with Crippen LogP contribution < -0.4 is 0 Å². The second-order valence-electron chi connectivity index (χ2n) is 4.72. The van der Waals surface area contributed by atoms with E-state index in [0.717, 1.165) is 12.1 Å². The summed E-state index contributed by atoms with van der Waals surface area (Å²) in [6, 6.07) is 8.09. The maximum atomic E-state index is 13.9. The molecule has 3 rings (SSSR count). The number of nitrogens with zero attached hydrogens (tertiary/aromatic N) is 1. The van der Waals surface area contributed by atoms with Gasteiger partial charge in [0.25, 0.3) is 0 Å². The van der Waals surface area contributed by atoms with Crippen LogP contribution in [0.15, 0.2) is 40.9 Å². The van der Waals surface area contributed by atoms with Crippen molar-refractivity contribution in [1.29, 1.82) is 0 Å². The van der Waals surface area contributed by atoms with Crippen LogP contribution >= 0.6 is 23.2 Å². The molecule has 0 saturated carbocycles. The van der Waals surface area contributed by atoms with Gasteiger partial charge in [0.15, 0.2) is 5.76 Å². The number of hydrogen-bond acceptors (Lipinski definition) is 3. The van der Waals surface area contributed by atoms with Gasteiger partial charge in [0.2, 0.25) is 0 Å². The first kappa shape index (κ1) is 15.9. The molecule has 0 unspecified atom stereocenters. The molecule has 0 aliphatic carbocycles. The molecule has 0 saturated heterocycles. The third-order valence-electron chi connectivity index (χ3n) is 3.32. The lowest BCUT2D eigenvalue weighted by Crippen LogP contribution is -1.94. The maximum Gasteiger partial charge on any atom is 0.178 e. The van der Waals surface area contributed by atoms with Gasteiger partial charge < -0.3 is 9.63 Å². The molecule has 0 bridgehead atoms. The second kappa shape index (κ2) is 6.28. The molecule has 7 heteroatoms. The molecule has 3 nitrogen and oxygen atoms in total. The summed E-state index contributed by atoms with van der Waals surface area (Å²) in [5, 5.41) is 14.1. The van der Waals surface area contributed by atoms with E-state index >= 15 is 0 Å². The summed E-state index contributed by atoms with van der Waals surface area (Å²) in [5.41, 5.74) is 0.386. The van der Waals surface area contributed by atoms with Crippen LogP contribution in [-0.4, -0.2) is 10.3 Å². The Hall–Kier alpha value is -1.95. The second-order valence-corrected chi connectivity index (χ2v) is 5.56. The molecule has 0 radical (unpaired) electrons. The Kier molecular flexibility index (Phi) is 4.35. The lowest BCUT2D eigenvalue weighted by molar-refractivity contribution is 0.281. The van der Waals surface area contributed by atoms with E-state index in [2.05, 4.69) is 5.16 Å². The van der Waals surface area contributed by atoms with Crippen molar-refractivity contribution in [2.75, 3.05) is 0 Å². The minimum atomic E-state index is -0.815. The summed E-state index contributed by atoms with van der Waals surface area (Å²) >= 11 is 12.0. The van der Waals surface area contributed by atoms with Crippen molar-refractivity contribution in [2.45, 2.75) is 6.61 Å². The molecule has 0 spiro atoms. The fraction of sp³-hybridized carbons (Fsp3) is 0.0625. The molecule has 23 heavy (non-hydrogen) atoms. The predicted molar refractivity (Wildman–Crippen MR) is 83.2 cm³/mol. The monoisotopic (exact) mass is 355 g/mol. The van der Waals surface area contributed by atoms with Gasteiger partial charge in [-0.3, -0.25) is 0 Å². The normalized spacial score (nSPS) is 11.0. The molecule has 1 N–H and O–H groups in total. The lowest BCUT2D eigenvalue weighted by Gasteiger charge is -2.05. The Morgan fingerprint density at radius 2 is 1.78 bits per heavy atom. The molecule has 1 aromatic heterocycles. The highest BCUT2D eigenvalue weighted by Gasteiger charge is 2.24. The SMILES string of the molecule is OCc1c(-c2ccc(Cl)cc2Cl)noc1-c1c(F)cccc1F. The number of hydrogen-bond donors (Lipinski definition) is 1. The third-order valence-corrected chi connectivity index (χ3v) is 3.87. The summed E-state index contributed by atoms with van der Waals surface area (Å²) < 4.78 is 33.0. The summed E-state index contributed by atoms with van der Waals surface area (Å²) in [6.45, 7) is -0.527. The van der Waals surface area contributed by atoms with Crippen LogP contribution in [0.2, 0.25) is 10.0 Å². The summed E-state index contributed by atoms with van der Waals surface area (Å²) in [6.07, 6.45) is 0. The molecular weight excluding hydrogens is 347 g/mol. The summed E-state index contributed by atoms with van der Waals surface area (Å²) in [4.78, 5) is 0. The van der Waals surface area contributed by atoms with Crippen molar-refractivity contribution in [2.24, 2.45) is 0 Å². The van der Waals surface area contributed by atoms with Crippen LogP contribution in [0.25, 0.3) is 22.6 Å². The van der Waals surface area contributed by atoms with E-state index in [4.69, 9.17) is 27.7 Å². The van der Waals surface area contributed by atoms with Crippen LogP contribution in [0.3, 0.4) is 0 Å². The highest BCUT2D eigenvalue weighted by Crippen LogP contribution is 2.38. The number of benzene rings is 2. The first-order chi connectivity index (χ1) is 11.0. The molecule has 2 aromatic carbocycles. The molecular formula is C16H9Cl2F2NO2. The average molecular weight is 356 g/mol. The van der Waals surface area contributed by atoms with E-state index in [1.807, 2.05) is 0 Å². The van der Waals surface area contributed by atoms with Crippen molar-refractivity contribution in [3.05, 3.63) is 63.6 Å². The van der Waals surface area contributed by atoms with Crippen LogP contribution in [0.1, 0.15) is 5.56 Å². The molecule has 118 valence electrons. The van der Waals surface area contributed by atoms with Gasteiger partial charge in [0.05, 0.1) is 22.8 Å². The first-order valence-corrected chi connectivity index (χ1v) is 7.27. The number of aliphatic hydroxyl groups is 1. The quantitative estimate of drug-likeness (QED) is 0.711. The Bertz CT molecular complexity index is 860. The highest BCUT2D eigenvalue weighted by atomic mass is 35.5. The molecule has 0 fully saturated rings. The van der Waals surface area contributed by atoms with Gasteiger partial charge in [0.1, 0.15) is 17.3 Å². The van der Waals surface area contributed by atoms with E-state index < -0.39 is 18.2 Å². The lowest BCUT2D eigenvalue weighted by atomic mass is 10.0. The molecule has 0 amide bonds. The van der Waals surface area contributed by atoms with Gasteiger partial charge in [0, 0.05) is 10.6 Å². The van der Waals surface area contributed by atoms with Crippen LogP contribution in [-0.2, 0) is 6.61 Å². The van der Waals surface area contributed by atoms with Gasteiger partial charge in [-0.25, -0.2) is 8.78 Å². The van der Waals surface area contributed by atoms with E-state index in [1.165, 1.54) is 12.1 Å². The largest absolute Gasteiger partial charge is 0.391 e. The summed E-state index contributed by atoms with van der Waals surface area (Å²) in [5.74, 6) is -1.81. The van der Waals surface area contributed by atoms with E-state index in [9.17, 15) is 13.9 Å². The zero-order valence-electron chi connectivity index (χ0n) is 11.5. The van der Waals surface area contributed by atoms with Crippen molar-refractivity contribution >= 4 is 23.2 Å². The van der Waals surface area contributed by atoms with Crippen molar-refractivity contribution in [3.8, 4) is 22.6 Å². The van der Waals surface area contributed by atoms with Crippen LogP contribution in [0, 0.1) is 11.6 Å². The standard InChI is InChI=1S/C16H9Cl2F2NO2/c17-8-4-5-9(11(18)6-8)15-10(7-22)16(23-21-15)14-12(19)2-1-3-13(14)20/h1-6,22H,7H2. The zero-order chi connectivity index (χ0) is 16.6. The Labute approximate surface area is 140 Å². The van der Waals surface area contributed by atoms with Gasteiger partial charge in [-0.2, -0.15) is 0 Å². The Morgan fingerprint density at radius 1 is 1.09 bits per heavy atom.